The molecule has 0 saturated heterocycles. The Morgan fingerprint density at radius 2 is 1.75 bits per heavy atom. The summed E-state index contributed by atoms with van der Waals surface area (Å²) in [7, 11) is 0. The molecule has 0 aromatic heterocycles. The molecular formula is C10H15BrMg. The molecule has 0 amide bonds. The van der Waals surface area contributed by atoms with E-state index in [4.69, 9.17) is 0 Å². The zero-order valence-electron chi connectivity index (χ0n) is 9.30. The fourth-order valence-electron chi connectivity index (χ4n) is 1.07. The van der Waals surface area contributed by atoms with Crippen LogP contribution >= 0.6 is 15.9 Å². The molecule has 0 bridgehead atoms. The zero-order valence-corrected chi connectivity index (χ0v) is 10.3. The van der Waals surface area contributed by atoms with Gasteiger partial charge in [-0.3, -0.25) is 0 Å². The van der Waals surface area contributed by atoms with Crippen molar-refractivity contribution in [3.05, 3.63) is 35.9 Å². The van der Waals surface area contributed by atoms with Gasteiger partial charge in [-0.1, -0.05) is 46.3 Å². The van der Waals surface area contributed by atoms with Crippen molar-refractivity contribution in [1.82, 2.24) is 0 Å². The molecule has 1 aromatic carbocycles. The van der Waals surface area contributed by atoms with Crippen molar-refractivity contribution in [2.24, 2.45) is 0 Å². The van der Waals surface area contributed by atoms with Crippen LogP contribution in [0.3, 0.4) is 0 Å². The summed E-state index contributed by atoms with van der Waals surface area (Å²) < 4.78 is 0. The maximum absolute atomic E-state index is 3.42. The van der Waals surface area contributed by atoms with Crippen LogP contribution in [-0.2, 0) is 6.42 Å². The van der Waals surface area contributed by atoms with Crippen LogP contribution in [0, 0.1) is 0 Å². The van der Waals surface area contributed by atoms with E-state index in [1.807, 2.05) is 0 Å². The third kappa shape index (κ3) is 5.17. The molecule has 0 nitrogen and oxygen atoms in total. The fraction of sp³-hybridized carbons (Fsp3) is 0.400. The molecule has 0 unspecified atom stereocenters. The van der Waals surface area contributed by atoms with Crippen LogP contribution in [0.1, 0.15) is 21.3 Å². The molecule has 64 valence electrons. The summed E-state index contributed by atoms with van der Waals surface area (Å²) in [6, 6.07) is 10.6. The van der Waals surface area contributed by atoms with Gasteiger partial charge in [0.05, 0.1) is 0 Å². The molecule has 2 heteroatoms. The Kier molecular flexibility index (Phi) is 8.40. The first-order valence-electron chi connectivity index (χ1n) is 4.03. The number of benzene rings is 1. The third-order valence-electron chi connectivity index (χ3n) is 1.69. The van der Waals surface area contributed by atoms with E-state index < -0.39 is 0 Å². The number of rotatable bonds is 4. The first kappa shape index (κ1) is 12.5. The van der Waals surface area contributed by atoms with Gasteiger partial charge in [-0.05, 0) is 24.8 Å². The molecule has 0 aliphatic rings. The molecule has 0 aliphatic carbocycles. The van der Waals surface area contributed by atoms with Crippen LogP contribution in [0.2, 0.25) is 0 Å². The summed E-state index contributed by atoms with van der Waals surface area (Å²) in [5, 5.41) is 1.12. The normalized spacial score (nSPS) is 9.08. The fourth-order valence-corrected chi connectivity index (χ4v) is 1.46. The average Bonchev–Trinajstić information content (AvgIpc) is 2.07. The number of hydrogen-bond acceptors (Lipinski definition) is 0. The van der Waals surface area contributed by atoms with Crippen LogP contribution in [0.4, 0.5) is 0 Å². The molecule has 0 atom stereocenters. The second-order valence-corrected chi connectivity index (χ2v) is 3.42. The third-order valence-corrected chi connectivity index (χ3v) is 2.25. The van der Waals surface area contributed by atoms with E-state index in [-0.39, 0.29) is 25.9 Å². The largest absolute Gasteiger partial charge is 2.00 e. The van der Waals surface area contributed by atoms with Gasteiger partial charge >= 0.3 is 23.1 Å². The average molecular weight is 239 g/mol. The van der Waals surface area contributed by atoms with Gasteiger partial charge in [-0.15, -0.1) is 0 Å². The minimum atomic E-state index is 0. The molecule has 0 heterocycles. The van der Waals surface area contributed by atoms with Gasteiger partial charge in [0.25, 0.3) is 0 Å². The molecule has 1 aromatic rings. The van der Waals surface area contributed by atoms with E-state index in [0.29, 0.717) is 0 Å². The minimum absolute atomic E-state index is 0. The summed E-state index contributed by atoms with van der Waals surface area (Å²) >= 11 is 3.42. The van der Waals surface area contributed by atoms with E-state index in [9.17, 15) is 0 Å². The number of unbranched alkanes of at least 4 members (excludes halogenated alkanes) is 1. The Hall–Kier alpha value is 0.466. The van der Waals surface area contributed by atoms with Crippen molar-refractivity contribution in [2.45, 2.75) is 19.3 Å². The van der Waals surface area contributed by atoms with Crippen molar-refractivity contribution >= 4 is 39.0 Å². The maximum Gasteiger partial charge on any atom is 2.00 e. The van der Waals surface area contributed by atoms with Gasteiger partial charge in [0.2, 0.25) is 0 Å². The zero-order chi connectivity index (χ0) is 7.94. The summed E-state index contributed by atoms with van der Waals surface area (Å²) in [5.41, 5.74) is 1.45. The van der Waals surface area contributed by atoms with Gasteiger partial charge in [0, 0.05) is 5.33 Å². The van der Waals surface area contributed by atoms with Crippen molar-refractivity contribution < 1.29 is 2.85 Å². The second kappa shape index (κ2) is 8.08. The van der Waals surface area contributed by atoms with Gasteiger partial charge in [0.1, 0.15) is 0 Å². The van der Waals surface area contributed by atoms with Crippen molar-refractivity contribution in [3.8, 4) is 0 Å². The van der Waals surface area contributed by atoms with Gasteiger partial charge < -0.3 is 2.85 Å². The molecule has 0 spiro atoms. The van der Waals surface area contributed by atoms with Gasteiger partial charge in [-0.25, -0.2) is 0 Å². The second-order valence-electron chi connectivity index (χ2n) is 2.63. The van der Waals surface area contributed by atoms with Crippen LogP contribution in [-0.4, -0.2) is 28.4 Å². The Labute approximate surface area is 102 Å². The molecule has 1 rings (SSSR count). The standard InChI is InChI=1S/C10H13Br.Mg.2H/c11-9-5-4-8-10-6-2-1-3-7-10;;;/h1-3,6-7H,4-5,8-9H2;;;/q;+2;2*-1. The Balaban J connectivity index is -0.000000403. The summed E-state index contributed by atoms with van der Waals surface area (Å²) in [4.78, 5) is 0. The maximum atomic E-state index is 3.42. The van der Waals surface area contributed by atoms with Crippen LogP contribution in [0.25, 0.3) is 0 Å². The predicted molar refractivity (Wildman–Crippen MR) is 61.2 cm³/mol. The van der Waals surface area contributed by atoms with Crippen molar-refractivity contribution in [1.29, 1.82) is 0 Å². The number of hydrogen-bond donors (Lipinski definition) is 0. The van der Waals surface area contributed by atoms with E-state index in [0.717, 1.165) is 5.33 Å². The molecular weight excluding hydrogens is 224 g/mol. The molecule has 0 N–H and O–H groups in total. The predicted octanol–water partition coefficient (Wildman–Crippen LogP) is 3.25. The monoisotopic (exact) mass is 238 g/mol. The number of aryl methyl sites for hydroxylation is 1. The Bertz CT molecular complexity index is 195. The minimum Gasteiger partial charge on any atom is -1.00 e. The first-order valence-corrected chi connectivity index (χ1v) is 5.15. The van der Waals surface area contributed by atoms with Crippen molar-refractivity contribution in [2.75, 3.05) is 5.33 Å². The van der Waals surface area contributed by atoms with Crippen LogP contribution < -0.4 is 0 Å². The molecule has 12 heavy (non-hydrogen) atoms. The van der Waals surface area contributed by atoms with Crippen LogP contribution in [0.15, 0.2) is 30.3 Å². The molecule has 0 radical (unpaired) electrons. The topological polar surface area (TPSA) is 0 Å². The summed E-state index contributed by atoms with van der Waals surface area (Å²) in [6.45, 7) is 0. The number of alkyl halides is 1. The quantitative estimate of drug-likeness (QED) is 0.430. The van der Waals surface area contributed by atoms with E-state index in [1.54, 1.807) is 0 Å². The van der Waals surface area contributed by atoms with Gasteiger partial charge in [-0.2, -0.15) is 0 Å². The Morgan fingerprint density at radius 3 is 2.33 bits per heavy atom. The van der Waals surface area contributed by atoms with Crippen molar-refractivity contribution in [3.63, 3.8) is 0 Å². The van der Waals surface area contributed by atoms with E-state index in [1.165, 1.54) is 24.8 Å². The number of halogens is 1. The Morgan fingerprint density at radius 1 is 1.08 bits per heavy atom. The smallest absolute Gasteiger partial charge is 1.00 e. The van der Waals surface area contributed by atoms with Crippen LogP contribution in [0.5, 0.6) is 0 Å². The molecule has 0 aliphatic heterocycles. The molecule has 0 saturated carbocycles. The van der Waals surface area contributed by atoms with E-state index in [2.05, 4.69) is 46.3 Å². The SMILES string of the molecule is BrCCCCc1ccccc1.[H-].[H-].[Mg+2]. The van der Waals surface area contributed by atoms with E-state index >= 15 is 0 Å². The summed E-state index contributed by atoms with van der Waals surface area (Å²) in [5.74, 6) is 0. The van der Waals surface area contributed by atoms with Gasteiger partial charge in [0.15, 0.2) is 0 Å². The first-order chi connectivity index (χ1) is 5.43. The summed E-state index contributed by atoms with van der Waals surface area (Å²) in [6.07, 6.45) is 3.77. The molecule has 0 fully saturated rings.